The fourth-order valence-corrected chi connectivity index (χ4v) is 2.28. The Morgan fingerprint density at radius 2 is 2.11 bits per heavy atom. The Morgan fingerprint density at radius 1 is 1.33 bits per heavy atom. The van der Waals surface area contributed by atoms with E-state index in [1.54, 1.807) is 29.1 Å². The van der Waals surface area contributed by atoms with Crippen LogP contribution in [0.4, 0.5) is 0 Å². The van der Waals surface area contributed by atoms with Crippen molar-refractivity contribution >= 4 is 23.2 Å². The predicted octanol–water partition coefficient (Wildman–Crippen LogP) is 3.39. The Bertz CT molecular complexity index is 540. The number of aryl methyl sites for hydroxylation is 2. The van der Waals surface area contributed by atoms with Crippen LogP contribution in [-0.4, -0.2) is 14.9 Å². The number of hydrogen-bond donors (Lipinski definition) is 1. The van der Waals surface area contributed by atoms with Gasteiger partial charge in [-0.15, -0.1) is 0 Å². The molecule has 0 aliphatic rings. The fraction of sp³-hybridized carbons (Fsp3) is 0.308. The predicted molar refractivity (Wildman–Crippen MR) is 73.0 cm³/mol. The lowest BCUT2D eigenvalue weighted by Crippen LogP contribution is -2.04. The third-order valence-corrected chi connectivity index (χ3v) is 3.49. The van der Waals surface area contributed by atoms with Crippen molar-refractivity contribution in [3.05, 3.63) is 51.8 Å². The van der Waals surface area contributed by atoms with Crippen LogP contribution in [-0.2, 0) is 13.5 Å². The van der Waals surface area contributed by atoms with Gasteiger partial charge in [-0.2, -0.15) is 5.10 Å². The molecule has 0 fully saturated rings. The zero-order valence-corrected chi connectivity index (χ0v) is 11.5. The zero-order chi connectivity index (χ0) is 13.1. The van der Waals surface area contributed by atoms with Gasteiger partial charge in [0.1, 0.15) is 0 Å². The van der Waals surface area contributed by atoms with Crippen molar-refractivity contribution in [1.82, 2.24) is 9.78 Å². The minimum atomic E-state index is -0.619. The second kappa shape index (κ2) is 5.74. The Kier molecular flexibility index (Phi) is 4.27. The molecule has 2 rings (SSSR count). The fourth-order valence-electron chi connectivity index (χ4n) is 1.86. The second-order valence-electron chi connectivity index (χ2n) is 4.17. The van der Waals surface area contributed by atoms with Gasteiger partial charge in [0.25, 0.3) is 0 Å². The van der Waals surface area contributed by atoms with Crippen molar-refractivity contribution < 1.29 is 5.11 Å². The Hall–Kier alpha value is -1.03. The van der Waals surface area contributed by atoms with Gasteiger partial charge in [-0.1, -0.05) is 23.2 Å². The summed E-state index contributed by atoms with van der Waals surface area (Å²) < 4.78 is 1.80. The van der Waals surface area contributed by atoms with Crippen molar-refractivity contribution in [2.75, 3.05) is 0 Å². The van der Waals surface area contributed by atoms with Gasteiger partial charge in [-0.05, 0) is 37.1 Å². The Balaban J connectivity index is 2.06. The summed E-state index contributed by atoms with van der Waals surface area (Å²) in [5, 5.41) is 15.3. The number of aliphatic hydroxyl groups excluding tert-OH is 1. The third-order valence-electron chi connectivity index (χ3n) is 2.91. The highest BCUT2D eigenvalue weighted by Crippen LogP contribution is 2.28. The molecule has 2 aromatic rings. The van der Waals surface area contributed by atoms with Crippen LogP contribution in [0.25, 0.3) is 0 Å². The average Bonchev–Trinajstić information content (AvgIpc) is 2.75. The van der Waals surface area contributed by atoms with E-state index in [1.165, 1.54) is 0 Å². The largest absolute Gasteiger partial charge is 0.388 e. The van der Waals surface area contributed by atoms with E-state index in [0.29, 0.717) is 22.0 Å². The Morgan fingerprint density at radius 3 is 2.78 bits per heavy atom. The molecule has 3 nitrogen and oxygen atoms in total. The number of aromatic nitrogens is 2. The first-order valence-electron chi connectivity index (χ1n) is 5.68. The molecule has 0 amide bonds. The van der Waals surface area contributed by atoms with E-state index >= 15 is 0 Å². The summed E-state index contributed by atoms with van der Waals surface area (Å²) in [6, 6.07) is 7.05. The third kappa shape index (κ3) is 3.05. The van der Waals surface area contributed by atoms with Crippen LogP contribution in [0, 0.1) is 0 Å². The highest BCUT2D eigenvalue weighted by atomic mass is 35.5. The summed E-state index contributed by atoms with van der Waals surface area (Å²) in [7, 11) is 1.88. The van der Waals surface area contributed by atoms with Crippen molar-refractivity contribution in [2.24, 2.45) is 7.05 Å². The van der Waals surface area contributed by atoms with E-state index in [4.69, 9.17) is 23.2 Å². The molecule has 1 heterocycles. The Labute approximate surface area is 116 Å². The first kappa shape index (κ1) is 13.4. The van der Waals surface area contributed by atoms with E-state index in [2.05, 4.69) is 5.10 Å². The van der Waals surface area contributed by atoms with E-state index in [1.807, 2.05) is 13.1 Å². The standard InChI is InChI=1S/C13H14Cl2N2O/c1-17-10(6-7-16-17)3-5-13(18)11-8-9(14)2-4-12(11)15/h2,4,6-8,13,18H,3,5H2,1H3. The van der Waals surface area contributed by atoms with Gasteiger partial charge in [-0.3, -0.25) is 4.68 Å². The molecule has 0 spiro atoms. The van der Waals surface area contributed by atoms with Gasteiger partial charge in [0.2, 0.25) is 0 Å². The van der Waals surface area contributed by atoms with Crippen molar-refractivity contribution in [2.45, 2.75) is 18.9 Å². The van der Waals surface area contributed by atoms with Crippen LogP contribution in [0.1, 0.15) is 23.8 Å². The van der Waals surface area contributed by atoms with E-state index < -0.39 is 6.10 Å². The van der Waals surface area contributed by atoms with Crippen molar-refractivity contribution in [3.63, 3.8) is 0 Å². The van der Waals surface area contributed by atoms with Crippen LogP contribution in [0.3, 0.4) is 0 Å². The number of aliphatic hydroxyl groups is 1. The van der Waals surface area contributed by atoms with Crippen LogP contribution >= 0.6 is 23.2 Å². The number of nitrogens with zero attached hydrogens (tertiary/aromatic N) is 2. The molecule has 1 aromatic heterocycles. The van der Waals surface area contributed by atoms with Crippen LogP contribution < -0.4 is 0 Å². The molecule has 1 aromatic carbocycles. The number of halogens is 2. The highest BCUT2D eigenvalue weighted by Gasteiger charge is 2.13. The number of rotatable bonds is 4. The lowest BCUT2D eigenvalue weighted by Gasteiger charge is -2.13. The first-order valence-corrected chi connectivity index (χ1v) is 6.43. The maximum atomic E-state index is 10.1. The normalized spacial score (nSPS) is 12.7. The quantitative estimate of drug-likeness (QED) is 0.935. The van der Waals surface area contributed by atoms with Crippen LogP contribution in [0.2, 0.25) is 10.0 Å². The number of benzene rings is 1. The maximum Gasteiger partial charge on any atom is 0.0808 e. The molecule has 5 heteroatoms. The van der Waals surface area contributed by atoms with Gasteiger partial charge in [-0.25, -0.2) is 0 Å². The van der Waals surface area contributed by atoms with Gasteiger partial charge in [0.15, 0.2) is 0 Å². The molecule has 1 N–H and O–H groups in total. The molecule has 1 unspecified atom stereocenters. The summed E-state index contributed by atoms with van der Waals surface area (Å²) in [5.41, 5.74) is 1.75. The zero-order valence-electron chi connectivity index (χ0n) is 9.98. The summed E-state index contributed by atoms with van der Waals surface area (Å²) in [5.74, 6) is 0. The van der Waals surface area contributed by atoms with E-state index in [9.17, 15) is 5.11 Å². The van der Waals surface area contributed by atoms with Gasteiger partial charge < -0.3 is 5.11 Å². The van der Waals surface area contributed by atoms with Crippen LogP contribution in [0.5, 0.6) is 0 Å². The molecule has 0 radical (unpaired) electrons. The smallest absolute Gasteiger partial charge is 0.0808 e. The van der Waals surface area contributed by atoms with Gasteiger partial charge in [0.05, 0.1) is 6.10 Å². The lowest BCUT2D eigenvalue weighted by molar-refractivity contribution is 0.167. The SMILES string of the molecule is Cn1nccc1CCC(O)c1cc(Cl)ccc1Cl. The second-order valence-corrected chi connectivity index (χ2v) is 5.01. The molecule has 0 saturated carbocycles. The average molecular weight is 285 g/mol. The van der Waals surface area contributed by atoms with E-state index in [0.717, 1.165) is 12.1 Å². The minimum absolute atomic E-state index is 0.539. The summed E-state index contributed by atoms with van der Waals surface area (Å²) in [6.45, 7) is 0. The van der Waals surface area contributed by atoms with Crippen LogP contribution in [0.15, 0.2) is 30.5 Å². The molecule has 0 saturated heterocycles. The van der Waals surface area contributed by atoms with Gasteiger partial charge in [0, 0.05) is 34.5 Å². The topological polar surface area (TPSA) is 38.0 Å². The molecule has 0 aliphatic carbocycles. The summed E-state index contributed by atoms with van der Waals surface area (Å²) in [4.78, 5) is 0. The van der Waals surface area contributed by atoms with E-state index in [-0.39, 0.29) is 0 Å². The first-order chi connectivity index (χ1) is 8.58. The lowest BCUT2D eigenvalue weighted by atomic mass is 10.0. The minimum Gasteiger partial charge on any atom is -0.388 e. The maximum absolute atomic E-state index is 10.1. The molecule has 0 bridgehead atoms. The molecule has 0 aliphatic heterocycles. The molecular formula is C13H14Cl2N2O. The molecule has 1 atom stereocenters. The highest BCUT2D eigenvalue weighted by molar-refractivity contribution is 6.33. The number of hydrogen-bond acceptors (Lipinski definition) is 2. The summed E-state index contributed by atoms with van der Waals surface area (Å²) >= 11 is 11.9. The van der Waals surface area contributed by atoms with Crippen molar-refractivity contribution in [3.8, 4) is 0 Å². The van der Waals surface area contributed by atoms with Crippen molar-refractivity contribution in [1.29, 1.82) is 0 Å². The summed E-state index contributed by atoms with van der Waals surface area (Å²) in [6.07, 6.45) is 2.44. The molecular weight excluding hydrogens is 271 g/mol. The molecule has 18 heavy (non-hydrogen) atoms. The molecule has 96 valence electrons. The monoisotopic (exact) mass is 284 g/mol. The van der Waals surface area contributed by atoms with Gasteiger partial charge >= 0.3 is 0 Å².